The van der Waals surface area contributed by atoms with Crippen LogP contribution in [0, 0.1) is 13.8 Å². The van der Waals surface area contributed by atoms with Crippen LogP contribution in [0.5, 0.6) is 0 Å². The molecular formula is C19H18N2OS. The van der Waals surface area contributed by atoms with Gasteiger partial charge in [0.1, 0.15) is 5.01 Å². The highest BCUT2D eigenvalue weighted by atomic mass is 32.1. The quantitative estimate of drug-likeness (QED) is 0.775. The highest BCUT2D eigenvalue weighted by Gasteiger charge is 2.10. The van der Waals surface area contributed by atoms with E-state index in [1.807, 2.05) is 48.7 Å². The van der Waals surface area contributed by atoms with Crippen molar-refractivity contribution in [3.8, 4) is 10.6 Å². The van der Waals surface area contributed by atoms with E-state index in [1.165, 1.54) is 5.56 Å². The van der Waals surface area contributed by atoms with Crippen molar-refractivity contribution in [3.63, 3.8) is 0 Å². The van der Waals surface area contributed by atoms with Gasteiger partial charge in [0.05, 0.1) is 12.2 Å². The molecule has 0 aliphatic carbocycles. The molecule has 23 heavy (non-hydrogen) atoms. The highest BCUT2D eigenvalue weighted by Crippen LogP contribution is 2.26. The molecule has 0 saturated carbocycles. The normalized spacial score (nSPS) is 10.5. The average Bonchev–Trinajstić information content (AvgIpc) is 3.02. The van der Waals surface area contributed by atoms with Crippen molar-refractivity contribution in [3.05, 3.63) is 76.3 Å². The molecule has 116 valence electrons. The van der Waals surface area contributed by atoms with Gasteiger partial charge in [-0.25, -0.2) is 4.98 Å². The molecule has 0 fully saturated rings. The van der Waals surface area contributed by atoms with Crippen LogP contribution in [0.2, 0.25) is 0 Å². The summed E-state index contributed by atoms with van der Waals surface area (Å²) < 4.78 is 0. The maximum atomic E-state index is 12.2. The number of amides is 1. The second kappa shape index (κ2) is 6.75. The third-order valence-electron chi connectivity index (χ3n) is 3.75. The van der Waals surface area contributed by atoms with Gasteiger partial charge >= 0.3 is 0 Å². The molecule has 4 heteroatoms. The molecule has 1 aromatic heterocycles. The first-order chi connectivity index (χ1) is 11.1. The van der Waals surface area contributed by atoms with Gasteiger partial charge in [-0.05, 0) is 31.0 Å². The molecule has 2 aromatic carbocycles. The first-order valence-corrected chi connectivity index (χ1v) is 8.37. The SMILES string of the molecule is Cc1ccccc1C(=O)NCc1csc(-c2ccccc2C)n1. The van der Waals surface area contributed by atoms with E-state index in [0.717, 1.165) is 21.8 Å². The lowest BCUT2D eigenvalue weighted by Gasteiger charge is -2.06. The van der Waals surface area contributed by atoms with Crippen molar-refractivity contribution >= 4 is 17.2 Å². The molecule has 0 aliphatic heterocycles. The van der Waals surface area contributed by atoms with Gasteiger partial charge in [0.25, 0.3) is 5.91 Å². The Morgan fingerprint density at radius 2 is 1.74 bits per heavy atom. The highest BCUT2D eigenvalue weighted by molar-refractivity contribution is 7.13. The summed E-state index contributed by atoms with van der Waals surface area (Å²) >= 11 is 1.61. The molecule has 0 saturated heterocycles. The van der Waals surface area contributed by atoms with Crippen LogP contribution in [0.15, 0.2) is 53.9 Å². The number of carbonyl (C=O) groups is 1. The Kier molecular flexibility index (Phi) is 4.53. The van der Waals surface area contributed by atoms with Gasteiger partial charge in [-0.3, -0.25) is 4.79 Å². The average molecular weight is 322 g/mol. The molecule has 1 amide bonds. The van der Waals surface area contributed by atoms with Crippen molar-refractivity contribution in [2.75, 3.05) is 0 Å². The lowest BCUT2D eigenvalue weighted by atomic mass is 10.1. The minimum atomic E-state index is -0.0615. The van der Waals surface area contributed by atoms with Gasteiger partial charge in [0, 0.05) is 16.5 Å². The van der Waals surface area contributed by atoms with E-state index in [-0.39, 0.29) is 5.91 Å². The Bertz CT molecular complexity index is 839. The molecule has 3 nitrogen and oxygen atoms in total. The minimum Gasteiger partial charge on any atom is -0.346 e. The molecule has 0 spiro atoms. The number of carbonyl (C=O) groups excluding carboxylic acids is 1. The molecule has 0 aliphatic rings. The van der Waals surface area contributed by atoms with Crippen molar-refractivity contribution in [2.45, 2.75) is 20.4 Å². The number of nitrogens with one attached hydrogen (secondary N) is 1. The summed E-state index contributed by atoms with van der Waals surface area (Å²) in [6, 6.07) is 15.8. The lowest BCUT2D eigenvalue weighted by molar-refractivity contribution is 0.0950. The van der Waals surface area contributed by atoms with Gasteiger partial charge in [0.2, 0.25) is 0 Å². The van der Waals surface area contributed by atoms with Crippen LogP contribution in [0.3, 0.4) is 0 Å². The van der Waals surface area contributed by atoms with Gasteiger partial charge in [-0.2, -0.15) is 0 Å². The van der Waals surface area contributed by atoms with Crippen LogP contribution < -0.4 is 5.32 Å². The molecule has 0 unspecified atom stereocenters. The van der Waals surface area contributed by atoms with Crippen LogP contribution in [0.25, 0.3) is 10.6 Å². The number of hydrogen-bond donors (Lipinski definition) is 1. The predicted octanol–water partition coefficient (Wildman–Crippen LogP) is 4.36. The molecule has 3 rings (SSSR count). The van der Waals surface area contributed by atoms with E-state index < -0.39 is 0 Å². The number of thiazole rings is 1. The van der Waals surface area contributed by atoms with Crippen LogP contribution in [-0.4, -0.2) is 10.9 Å². The van der Waals surface area contributed by atoms with Gasteiger partial charge in [0.15, 0.2) is 0 Å². The fraction of sp³-hybridized carbons (Fsp3) is 0.158. The van der Waals surface area contributed by atoms with Gasteiger partial charge in [-0.1, -0.05) is 42.5 Å². The van der Waals surface area contributed by atoms with E-state index in [2.05, 4.69) is 29.4 Å². The van der Waals surface area contributed by atoms with Crippen LogP contribution in [-0.2, 0) is 6.54 Å². The number of aromatic nitrogens is 1. The molecule has 0 atom stereocenters. The number of hydrogen-bond acceptors (Lipinski definition) is 3. The standard InChI is InChI=1S/C19H18N2OS/c1-13-7-3-5-9-16(13)18(22)20-11-15-12-23-19(21-15)17-10-6-4-8-14(17)2/h3-10,12H,11H2,1-2H3,(H,20,22). The Labute approximate surface area is 140 Å². The van der Waals surface area contributed by atoms with E-state index in [0.29, 0.717) is 12.1 Å². The van der Waals surface area contributed by atoms with Gasteiger partial charge < -0.3 is 5.32 Å². The summed E-state index contributed by atoms with van der Waals surface area (Å²) in [7, 11) is 0. The van der Waals surface area contributed by atoms with E-state index in [9.17, 15) is 4.79 Å². The molecule has 0 radical (unpaired) electrons. The van der Waals surface area contributed by atoms with Gasteiger partial charge in [-0.15, -0.1) is 11.3 Å². The zero-order valence-electron chi connectivity index (χ0n) is 13.2. The number of nitrogens with zero attached hydrogens (tertiary/aromatic N) is 1. The van der Waals surface area contributed by atoms with Crippen molar-refractivity contribution in [1.82, 2.24) is 10.3 Å². The summed E-state index contributed by atoms with van der Waals surface area (Å²) in [5.41, 5.74) is 4.92. The van der Waals surface area contributed by atoms with Crippen molar-refractivity contribution in [2.24, 2.45) is 0 Å². The predicted molar refractivity (Wildman–Crippen MR) is 94.6 cm³/mol. The maximum absolute atomic E-state index is 12.2. The summed E-state index contributed by atoms with van der Waals surface area (Å²) in [5, 5.41) is 5.93. The second-order valence-electron chi connectivity index (χ2n) is 5.46. The smallest absolute Gasteiger partial charge is 0.251 e. The Morgan fingerprint density at radius 1 is 1.04 bits per heavy atom. The van der Waals surface area contributed by atoms with E-state index in [1.54, 1.807) is 11.3 Å². The van der Waals surface area contributed by atoms with Crippen LogP contribution >= 0.6 is 11.3 Å². The Balaban J connectivity index is 1.70. The summed E-state index contributed by atoms with van der Waals surface area (Å²) in [6.07, 6.45) is 0. The minimum absolute atomic E-state index is 0.0615. The molecule has 3 aromatic rings. The summed E-state index contributed by atoms with van der Waals surface area (Å²) in [6.45, 7) is 4.46. The monoisotopic (exact) mass is 322 g/mol. The van der Waals surface area contributed by atoms with Crippen LogP contribution in [0.1, 0.15) is 27.2 Å². The largest absolute Gasteiger partial charge is 0.346 e. The second-order valence-corrected chi connectivity index (χ2v) is 6.31. The maximum Gasteiger partial charge on any atom is 0.251 e. The Morgan fingerprint density at radius 3 is 2.48 bits per heavy atom. The fourth-order valence-electron chi connectivity index (χ4n) is 2.42. The first-order valence-electron chi connectivity index (χ1n) is 7.49. The van der Waals surface area contributed by atoms with Crippen molar-refractivity contribution < 1.29 is 4.79 Å². The zero-order valence-corrected chi connectivity index (χ0v) is 14.0. The third-order valence-corrected chi connectivity index (χ3v) is 4.67. The lowest BCUT2D eigenvalue weighted by Crippen LogP contribution is -2.23. The number of aryl methyl sites for hydroxylation is 2. The summed E-state index contributed by atoms with van der Waals surface area (Å²) in [5.74, 6) is -0.0615. The number of benzene rings is 2. The van der Waals surface area contributed by atoms with Crippen molar-refractivity contribution in [1.29, 1.82) is 0 Å². The molecule has 1 heterocycles. The fourth-order valence-corrected chi connectivity index (χ4v) is 3.33. The van der Waals surface area contributed by atoms with Crippen LogP contribution in [0.4, 0.5) is 0 Å². The topological polar surface area (TPSA) is 42.0 Å². The Hall–Kier alpha value is -2.46. The third kappa shape index (κ3) is 3.48. The molecule has 1 N–H and O–H groups in total. The molecule has 0 bridgehead atoms. The zero-order chi connectivity index (χ0) is 16.2. The summed E-state index contributed by atoms with van der Waals surface area (Å²) in [4.78, 5) is 16.9. The molecular weight excluding hydrogens is 304 g/mol. The van der Waals surface area contributed by atoms with E-state index in [4.69, 9.17) is 0 Å². The van der Waals surface area contributed by atoms with E-state index >= 15 is 0 Å². The number of rotatable bonds is 4. The first kappa shape index (κ1) is 15.4.